The number of hydrogen-bond donors (Lipinski definition) is 3. The highest BCUT2D eigenvalue weighted by Crippen LogP contribution is 2.25. The van der Waals surface area contributed by atoms with Gasteiger partial charge < -0.3 is 10.1 Å². The van der Waals surface area contributed by atoms with Gasteiger partial charge in [0.2, 0.25) is 5.96 Å². The Hall–Kier alpha value is -0.810. The van der Waals surface area contributed by atoms with Gasteiger partial charge in [0.05, 0.1) is 0 Å². The van der Waals surface area contributed by atoms with Gasteiger partial charge in [-0.25, -0.2) is 5.84 Å². The number of nitrogens with two attached hydrogens (primary N) is 1. The maximum atomic E-state index is 5.43. The van der Waals surface area contributed by atoms with E-state index in [9.17, 15) is 0 Å². The maximum Gasteiger partial charge on any atom is 0.205 e. The zero-order chi connectivity index (χ0) is 13.1. The summed E-state index contributed by atoms with van der Waals surface area (Å²) in [5.41, 5.74) is 2.61. The van der Waals surface area contributed by atoms with Crippen LogP contribution in [0.3, 0.4) is 0 Å². The smallest absolute Gasteiger partial charge is 0.205 e. The molecule has 1 fully saturated rings. The second-order valence-corrected chi connectivity index (χ2v) is 4.94. The molecule has 5 nitrogen and oxygen atoms in total. The van der Waals surface area contributed by atoms with Gasteiger partial charge in [-0.3, -0.25) is 10.4 Å². The third kappa shape index (κ3) is 6.81. The minimum absolute atomic E-state index is 0.696. The monoisotopic (exact) mass is 256 g/mol. The van der Waals surface area contributed by atoms with Gasteiger partial charge in [-0.1, -0.05) is 32.1 Å². The SMILES string of the molecule is COCCCN=C(NN)NCCC1CCCCC1. The Morgan fingerprint density at radius 3 is 2.78 bits per heavy atom. The Morgan fingerprint density at radius 1 is 1.33 bits per heavy atom. The normalized spacial score (nSPS) is 17.8. The van der Waals surface area contributed by atoms with E-state index in [1.165, 1.54) is 38.5 Å². The Kier molecular flexibility index (Phi) is 8.59. The van der Waals surface area contributed by atoms with E-state index in [1.807, 2.05) is 0 Å². The fourth-order valence-corrected chi connectivity index (χ4v) is 2.42. The highest BCUT2D eigenvalue weighted by atomic mass is 16.5. The second-order valence-electron chi connectivity index (χ2n) is 4.94. The first-order chi connectivity index (χ1) is 8.86. The minimum atomic E-state index is 0.696. The van der Waals surface area contributed by atoms with Crippen LogP contribution in [0.2, 0.25) is 0 Å². The molecule has 4 N–H and O–H groups in total. The van der Waals surface area contributed by atoms with Gasteiger partial charge >= 0.3 is 0 Å². The zero-order valence-electron chi connectivity index (χ0n) is 11.6. The van der Waals surface area contributed by atoms with E-state index in [-0.39, 0.29) is 0 Å². The molecule has 0 aliphatic heterocycles. The highest BCUT2D eigenvalue weighted by molar-refractivity contribution is 5.79. The number of nitrogens with one attached hydrogen (secondary N) is 2. The van der Waals surface area contributed by atoms with Crippen LogP contribution >= 0.6 is 0 Å². The molecule has 1 aliphatic carbocycles. The topological polar surface area (TPSA) is 71.7 Å². The number of nitrogens with zero attached hydrogens (tertiary/aromatic N) is 1. The summed E-state index contributed by atoms with van der Waals surface area (Å²) in [5, 5.41) is 3.27. The molecule has 0 saturated heterocycles. The van der Waals surface area contributed by atoms with Gasteiger partial charge in [0.15, 0.2) is 0 Å². The first-order valence-corrected chi connectivity index (χ1v) is 7.10. The third-order valence-corrected chi connectivity index (χ3v) is 3.48. The van der Waals surface area contributed by atoms with E-state index in [1.54, 1.807) is 7.11 Å². The molecule has 0 aromatic rings. The van der Waals surface area contributed by atoms with Crippen LogP contribution in [0.25, 0.3) is 0 Å². The summed E-state index contributed by atoms with van der Waals surface area (Å²) in [4.78, 5) is 4.35. The van der Waals surface area contributed by atoms with Crippen molar-refractivity contribution < 1.29 is 4.74 Å². The molecule has 106 valence electrons. The number of methoxy groups -OCH3 is 1. The molecule has 0 spiro atoms. The first kappa shape index (κ1) is 15.2. The predicted octanol–water partition coefficient (Wildman–Crippen LogP) is 1.40. The zero-order valence-corrected chi connectivity index (χ0v) is 11.6. The molecule has 18 heavy (non-hydrogen) atoms. The van der Waals surface area contributed by atoms with Crippen LogP contribution < -0.4 is 16.6 Å². The largest absolute Gasteiger partial charge is 0.385 e. The van der Waals surface area contributed by atoms with Crippen LogP contribution in [0, 0.1) is 5.92 Å². The minimum Gasteiger partial charge on any atom is -0.385 e. The van der Waals surface area contributed by atoms with Crippen LogP contribution in [-0.4, -0.2) is 32.8 Å². The van der Waals surface area contributed by atoms with Gasteiger partial charge in [0, 0.05) is 26.8 Å². The van der Waals surface area contributed by atoms with Crippen molar-refractivity contribution in [3.8, 4) is 0 Å². The average Bonchev–Trinajstić information content (AvgIpc) is 2.42. The molecule has 0 aromatic heterocycles. The van der Waals surface area contributed by atoms with Crippen molar-refractivity contribution in [2.75, 3.05) is 26.8 Å². The molecule has 0 atom stereocenters. The lowest BCUT2D eigenvalue weighted by Gasteiger charge is -2.21. The first-order valence-electron chi connectivity index (χ1n) is 7.10. The molecule has 1 saturated carbocycles. The molecule has 0 heterocycles. The van der Waals surface area contributed by atoms with Gasteiger partial charge in [0.25, 0.3) is 0 Å². The number of ether oxygens (including phenoxy) is 1. The molecule has 0 radical (unpaired) electrons. The molecule has 0 bridgehead atoms. The number of hydrazine groups is 1. The van der Waals surface area contributed by atoms with E-state index in [2.05, 4.69) is 15.7 Å². The molecule has 0 aromatic carbocycles. The molecular weight excluding hydrogens is 228 g/mol. The summed E-state index contributed by atoms with van der Waals surface area (Å²) >= 11 is 0. The summed E-state index contributed by atoms with van der Waals surface area (Å²) in [6.45, 7) is 2.44. The number of rotatable bonds is 7. The van der Waals surface area contributed by atoms with Gasteiger partial charge in [0.1, 0.15) is 0 Å². The summed E-state index contributed by atoms with van der Waals surface area (Å²) in [7, 11) is 1.70. The Labute approximate surface area is 111 Å². The molecule has 0 amide bonds. The Balaban J connectivity index is 2.09. The van der Waals surface area contributed by atoms with E-state index in [4.69, 9.17) is 10.6 Å². The number of guanidine groups is 1. The van der Waals surface area contributed by atoms with Crippen molar-refractivity contribution in [2.45, 2.75) is 44.9 Å². The fraction of sp³-hybridized carbons (Fsp3) is 0.923. The summed E-state index contributed by atoms with van der Waals surface area (Å²) in [6, 6.07) is 0. The van der Waals surface area contributed by atoms with Crippen molar-refractivity contribution in [1.29, 1.82) is 0 Å². The van der Waals surface area contributed by atoms with Gasteiger partial charge in [-0.2, -0.15) is 0 Å². The fourth-order valence-electron chi connectivity index (χ4n) is 2.42. The highest BCUT2D eigenvalue weighted by Gasteiger charge is 2.12. The summed E-state index contributed by atoms with van der Waals surface area (Å²) in [6.07, 6.45) is 9.14. The Bertz CT molecular complexity index is 227. The lowest BCUT2D eigenvalue weighted by molar-refractivity contribution is 0.197. The average molecular weight is 256 g/mol. The van der Waals surface area contributed by atoms with Crippen molar-refractivity contribution in [3.05, 3.63) is 0 Å². The maximum absolute atomic E-state index is 5.43. The van der Waals surface area contributed by atoms with E-state index < -0.39 is 0 Å². The molecule has 1 rings (SSSR count). The van der Waals surface area contributed by atoms with E-state index >= 15 is 0 Å². The summed E-state index contributed by atoms with van der Waals surface area (Å²) in [5.74, 6) is 7.02. The van der Waals surface area contributed by atoms with Crippen LogP contribution in [-0.2, 0) is 4.74 Å². The standard InChI is InChI=1S/C13H28N4O/c1-18-11-5-9-15-13(17-14)16-10-8-12-6-3-2-4-7-12/h12H,2-11,14H2,1H3,(H2,15,16,17). The third-order valence-electron chi connectivity index (χ3n) is 3.48. The molecule has 0 unspecified atom stereocenters. The molecular formula is C13H28N4O. The van der Waals surface area contributed by atoms with Crippen molar-refractivity contribution >= 4 is 5.96 Å². The van der Waals surface area contributed by atoms with E-state index in [0.29, 0.717) is 5.96 Å². The lowest BCUT2D eigenvalue weighted by Crippen LogP contribution is -2.42. The van der Waals surface area contributed by atoms with Crippen LogP contribution in [0.15, 0.2) is 4.99 Å². The molecule has 1 aliphatic rings. The predicted molar refractivity (Wildman–Crippen MR) is 75.3 cm³/mol. The van der Waals surface area contributed by atoms with Crippen molar-refractivity contribution in [2.24, 2.45) is 16.8 Å². The number of aliphatic imine (C=N–C) groups is 1. The molecule has 5 heteroatoms. The van der Waals surface area contributed by atoms with Crippen LogP contribution in [0.4, 0.5) is 0 Å². The number of hydrogen-bond acceptors (Lipinski definition) is 3. The van der Waals surface area contributed by atoms with Crippen LogP contribution in [0.5, 0.6) is 0 Å². The lowest BCUT2D eigenvalue weighted by atomic mass is 9.87. The van der Waals surface area contributed by atoms with Gasteiger partial charge in [-0.15, -0.1) is 0 Å². The van der Waals surface area contributed by atoms with Gasteiger partial charge in [-0.05, 0) is 18.8 Å². The second kappa shape index (κ2) is 10.1. The van der Waals surface area contributed by atoms with E-state index in [0.717, 1.165) is 32.0 Å². The van der Waals surface area contributed by atoms with Crippen molar-refractivity contribution in [3.63, 3.8) is 0 Å². The quantitative estimate of drug-likeness (QED) is 0.212. The van der Waals surface area contributed by atoms with Crippen molar-refractivity contribution in [1.82, 2.24) is 10.7 Å². The van der Waals surface area contributed by atoms with Crippen LogP contribution in [0.1, 0.15) is 44.9 Å². The Morgan fingerprint density at radius 2 is 2.11 bits per heavy atom. The summed E-state index contributed by atoms with van der Waals surface area (Å²) < 4.78 is 4.98.